The van der Waals surface area contributed by atoms with Crippen LogP contribution in [-0.4, -0.2) is 0 Å². The van der Waals surface area contributed by atoms with Gasteiger partial charge < -0.3 is 5.32 Å². The van der Waals surface area contributed by atoms with E-state index in [4.69, 9.17) is 23.2 Å². The number of hydrogen-bond donors (Lipinski definition) is 1. The molecule has 0 aromatic heterocycles. The highest BCUT2D eigenvalue weighted by Crippen LogP contribution is 2.34. The van der Waals surface area contributed by atoms with Crippen LogP contribution in [0.1, 0.15) is 11.1 Å². The first-order valence-electron chi connectivity index (χ1n) is 5.50. The molecule has 0 aliphatic heterocycles. The topological polar surface area (TPSA) is 12.0 Å². The van der Waals surface area contributed by atoms with E-state index in [1.165, 1.54) is 11.1 Å². The van der Waals surface area contributed by atoms with Gasteiger partial charge in [0.25, 0.3) is 0 Å². The molecule has 0 radical (unpaired) electrons. The smallest absolute Gasteiger partial charge is 0.0722 e. The van der Waals surface area contributed by atoms with Crippen LogP contribution in [0.3, 0.4) is 0 Å². The van der Waals surface area contributed by atoms with Gasteiger partial charge in [0.2, 0.25) is 0 Å². The molecule has 2 aromatic rings. The van der Waals surface area contributed by atoms with Gasteiger partial charge in [0.15, 0.2) is 0 Å². The van der Waals surface area contributed by atoms with Crippen molar-refractivity contribution in [3.63, 3.8) is 0 Å². The number of rotatable bonds is 3. The number of halogens is 3. The lowest BCUT2D eigenvalue weighted by Gasteiger charge is -2.11. The van der Waals surface area contributed by atoms with Crippen LogP contribution in [0.5, 0.6) is 0 Å². The first-order valence-corrected chi connectivity index (χ1v) is 7.05. The summed E-state index contributed by atoms with van der Waals surface area (Å²) < 4.78 is 0.874. The molecular weight excluding hydrogens is 333 g/mol. The molecule has 0 bridgehead atoms. The molecular formula is C14H12BrCl2N. The van der Waals surface area contributed by atoms with Gasteiger partial charge in [0.1, 0.15) is 0 Å². The Morgan fingerprint density at radius 2 is 1.61 bits per heavy atom. The van der Waals surface area contributed by atoms with E-state index in [0.717, 1.165) is 10.2 Å². The predicted octanol–water partition coefficient (Wildman–Crippen LogP) is 5.68. The van der Waals surface area contributed by atoms with Crippen molar-refractivity contribution in [2.24, 2.45) is 0 Å². The van der Waals surface area contributed by atoms with Gasteiger partial charge in [-0.05, 0) is 24.6 Å². The Bertz CT molecular complexity index is 529. The van der Waals surface area contributed by atoms with E-state index in [1.807, 2.05) is 12.1 Å². The lowest BCUT2D eigenvalue weighted by molar-refractivity contribution is 1.14. The van der Waals surface area contributed by atoms with Gasteiger partial charge in [-0.2, -0.15) is 0 Å². The molecule has 0 saturated heterocycles. The summed E-state index contributed by atoms with van der Waals surface area (Å²) in [6, 6.07) is 12.0. The molecule has 0 spiro atoms. The molecule has 18 heavy (non-hydrogen) atoms. The lowest BCUT2D eigenvalue weighted by atomic mass is 10.1. The van der Waals surface area contributed by atoms with Crippen LogP contribution in [0.15, 0.2) is 40.9 Å². The Hall–Kier alpha value is -0.700. The Kier molecular flexibility index (Phi) is 4.55. The fourth-order valence-corrected chi connectivity index (χ4v) is 2.95. The maximum absolute atomic E-state index is 6.15. The third kappa shape index (κ3) is 3.41. The predicted molar refractivity (Wildman–Crippen MR) is 82.7 cm³/mol. The lowest BCUT2D eigenvalue weighted by Crippen LogP contribution is -2.00. The zero-order valence-corrected chi connectivity index (χ0v) is 12.9. The molecule has 2 rings (SSSR count). The molecule has 0 amide bonds. The molecule has 0 aliphatic rings. The van der Waals surface area contributed by atoms with Gasteiger partial charge in [0, 0.05) is 11.0 Å². The van der Waals surface area contributed by atoms with Crippen LogP contribution in [0.2, 0.25) is 10.0 Å². The second-order valence-electron chi connectivity index (χ2n) is 4.08. The summed E-state index contributed by atoms with van der Waals surface area (Å²) in [6.45, 7) is 2.76. The Balaban J connectivity index is 2.13. The highest BCUT2D eigenvalue weighted by Gasteiger charge is 2.07. The van der Waals surface area contributed by atoms with E-state index in [0.29, 0.717) is 16.6 Å². The SMILES string of the molecule is Cc1ccc(CNc2c(Cl)cc(Br)cc2Cl)cc1. The first-order chi connectivity index (χ1) is 8.56. The Morgan fingerprint density at radius 1 is 1.06 bits per heavy atom. The van der Waals surface area contributed by atoms with E-state index in [-0.39, 0.29) is 0 Å². The van der Waals surface area contributed by atoms with Crippen LogP contribution < -0.4 is 5.32 Å². The zero-order chi connectivity index (χ0) is 13.1. The maximum atomic E-state index is 6.15. The van der Waals surface area contributed by atoms with Crippen LogP contribution in [0, 0.1) is 6.92 Å². The van der Waals surface area contributed by atoms with E-state index in [9.17, 15) is 0 Å². The van der Waals surface area contributed by atoms with Crippen molar-refractivity contribution in [2.75, 3.05) is 5.32 Å². The number of anilines is 1. The molecule has 4 heteroatoms. The second-order valence-corrected chi connectivity index (χ2v) is 5.81. The van der Waals surface area contributed by atoms with Crippen LogP contribution in [0.25, 0.3) is 0 Å². The number of hydrogen-bond acceptors (Lipinski definition) is 1. The van der Waals surface area contributed by atoms with Gasteiger partial charge in [-0.15, -0.1) is 0 Å². The normalized spacial score (nSPS) is 10.4. The van der Waals surface area contributed by atoms with E-state index < -0.39 is 0 Å². The molecule has 2 aromatic carbocycles. The zero-order valence-electron chi connectivity index (χ0n) is 9.81. The summed E-state index contributed by atoms with van der Waals surface area (Å²) in [4.78, 5) is 0. The summed E-state index contributed by atoms with van der Waals surface area (Å²) in [5.41, 5.74) is 3.20. The molecule has 1 nitrogen and oxygen atoms in total. The van der Waals surface area contributed by atoms with Crippen molar-refractivity contribution in [3.05, 3.63) is 62.0 Å². The van der Waals surface area contributed by atoms with Crippen molar-refractivity contribution in [3.8, 4) is 0 Å². The summed E-state index contributed by atoms with van der Waals surface area (Å²) in [6.07, 6.45) is 0. The minimum absolute atomic E-state index is 0.612. The van der Waals surface area contributed by atoms with Crippen molar-refractivity contribution in [1.82, 2.24) is 0 Å². The van der Waals surface area contributed by atoms with Crippen molar-refractivity contribution in [2.45, 2.75) is 13.5 Å². The van der Waals surface area contributed by atoms with Crippen LogP contribution >= 0.6 is 39.1 Å². The largest absolute Gasteiger partial charge is 0.379 e. The van der Waals surface area contributed by atoms with Gasteiger partial charge in [-0.1, -0.05) is 69.0 Å². The average molecular weight is 345 g/mol. The number of benzene rings is 2. The van der Waals surface area contributed by atoms with Gasteiger partial charge in [-0.25, -0.2) is 0 Å². The highest BCUT2D eigenvalue weighted by molar-refractivity contribution is 9.10. The summed E-state index contributed by atoms with van der Waals surface area (Å²) in [7, 11) is 0. The van der Waals surface area contributed by atoms with Crippen molar-refractivity contribution >= 4 is 44.8 Å². The van der Waals surface area contributed by atoms with Gasteiger partial charge in [0.05, 0.1) is 15.7 Å². The van der Waals surface area contributed by atoms with E-state index in [2.05, 4.69) is 52.4 Å². The fourth-order valence-electron chi connectivity index (χ4n) is 1.61. The Morgan fingerprint density at radius 3 is 2.17 bits per heavy atom. The molecule has 1 N–H and O–H groups in total. The molecule has 94 valence electrons. The summed E-state index contributed by atoms with van der Waals surface area (Å²) in [5, 5.41) is 4.48. The molecule has 0 atom stereocenters. The third-order valence-electron chi connectivity index (χ3n) is 2.60. The second kappa shape index (κ2) is 5.96. The molecule has 0 unspecified atom stereocenters. The number of nitrogens with one attached hydrogen (secondary N) is 1. The molecule has 0 heterocycles. The molecule has 0 fully saturated rings. The minimum atomic E-state index is 0.612. The summed E-state index contributed by atoms with van der Waals surface area (Å²) in [5.74, 6) is 0. The van der Waals surface area contributed by atoms with Crippen molar-refractivity contribution in [1.29, 1.82) is 0 Å². The average Bonchev–Trinajstić information content (AvgIpc) is 2.30. The maximum Gasteiger partial charge on any atom is 0.0722 e. The quantitative estimate of drug-likeness (QED) is 0.755. The summed E-state index contributed by atoms with van der Waals surface area (Å²) >= 11 is 15.7. The fraction of sp³-hybridized carbons (Fsp3) is 0.143. The monoisotopic (exact) mass is 343 g/mol. The van der Waals surface area contributed by atoms with Crippen LogP contribution in [0.4, 0.5) is 5.69 Å². The van der Waals surface area contributed by atoms with Gasteiger partial charge in [-0.3, -0.25) is 0 Å². The van der Waals surface area contributed by atoms with Gasteiger partial charge >= 0.3 is 0 Å². The first kappa shape index (κ1) is 13.7. The number of aryl methyl sites for hydroxylation is 1. The van der Waals surface area contributed by atoms with Crippen molar-refractivity contribution < 1.29 is 0 Å². The minimum Gasteiger partial charge on any atom is -0.379 e. The van der Waals surface area contributed by atoms with Crippen LogP contribution in [-0.2, 0) is 6.54 Å². The molecule has 0 aliphatic carbocycles. The standard InChI is InChI=1S/C14H12BrCl2N/c1-9-2-4-10(5-3-9)8-18-14-12(16)6-11(15)7-13(14)17/h2-7,18H,8H2,1H3. The Labute approximate surface area is 125 Å². The highest BCUT2D eigenvalue weighted by atomic mass is 79.9. The van der Waals surface area contributed by atoms with E-state index >= 15 is 0 Å². The molecule has 0 saturated carbocycles. The van der Waals surface area contributed by atoms with E-state index in [1.54, 1.807) is 0 Å². The third-order valence-corrected chi connectivity index (χ3v) is 3.65.